The zero-order valence-corrected chi connectivity index (χ0v) is 7.19. The number of nitrogens with one attached hydrogen (secondary N) is 2. The topological polar surface area (TPSA) is 61.4 Å². The molecule has 2 saturated heterocycles. The number of amides is 3. The summed E-state index contributed by atoms with van der Waals surface area (Å²) in [6.45, 7) is 1.98. The molecule has 5 nitrogen and oxygen atoms in total. The van der Waals surface area contributed by atoms with E-state index in [0.717, 1.165) is 6.54 Å². The van der Waals surface area contributed by atoms with E-state index in [0.29, 0.717) is 13.1 Å². The normalized spacial score (nSPS) is 27.7. The summed E-state index contributed by atoms with van der Waals surface area (Å²) >= 11 is 0. The molecule has 0 aromatic carbocycles. The van der Waals surface area contributed by atoms with E-state index in [4.69, 9.17) is 0 Å². The summed E-state index contributed by atoms with van der Waals surface area (Å²) in [5.41, 5.74) is 0. The zero-order chi connectivity index (χ0) is 7.84. The highest BCUT2D eigenvalue weighted by atomic mass is 35.5. The molecule has 0 bridgehead atoms. The van der Waals surface area contributed by atoms with Crippen molar-refractivity contribution in [3.8, 4) is 0 Å². The maximum absolute atomic E-state index is 11.0. The lowest BCUT2D eigenvalue weighted by Gasteiger charge is -2.26. The average Bonchev–Trinajstić information content (AvgIpc) is 2.30. The summed E-state index contributed by atoms with van der Waals surface area (Å²) < 4.78 is 0. The molecule has 6 heteroatoms. The molecule has 2 rings (SSSR count). The summed E-state index contributed by atoms with van der Waals surface area (Å²) in [6, 6.07) is -0.516. The Morgan fingerprint density at radius 2 is 2.17 bits per heavy atom. The van der Waals surface area contributed by atoms with Crippen molar-refractivity contribution >= 4 is 24.3 Å². The maximum Gasteiger partial charge on any atom is 0.324 e. The van der Waals surface area contributed by atoms with Crippen LogP contribution in [0.5, 0.6) is 0 Å². The number of hydrogen-bond acceptors (Lipinski definition) is 3. The molecule has 2 N–H and O–H groups in total. The van der Waals surface area contributed by atoms with Gasteiger partial charge in [0.15, 0.2) is 0 Å². The highest BCUT2D eigenvalue weighted by molar-refractivity contribution is 6.04. The number of nitrogens with zero attached hydrogens (tertiary/aromatic N) is 1. The van der Waals surface area contributed by atoms with E-state index in [1.165, 1.54) is 0 Å². The Morgan fingerprint density at radius 3 is 2.83 bits per heavy atom. The van der Waals surface area contributed by atoms with Crippen molar-refractivity contribution in [2.45, 2.75) is 6.04 Å². The fourth-order valence-electron chi connectivity index (χ4n) is 1.44. The molecule has 0 saturated carbocycles. The van der Waals surface area contributed by atoms with Crippen LogP contribution >= 0.6 is 12.4 Å². The summed E-state index contributed by atoms with van der Waals surface area (Å²) in [6.07, 6.45) is 0. The van der Waals surface area contributed by atoms with Gasteiger partial charge in [0.25, 0.3) is 5.91 Å². The first kappa shape index (κ1) is 9.28. The van der Waals surface area contributed by atoms with Gasteiger partial charge in [0.1, 0.15) is 6.04 Å². The summed E-state index contributed by atoms with van der Waals surface area (Å²) in [7, 11) is 0. The van der Waals surface area contributed by atoms with Gasteiger partial charge in [-0.1, -0.05) is 0 Å². The van der Waals surface area contributed by atoms with Crippen LogP contribution in [0.15, 0.2) is 0 Å². The van der Waals surface area contributed by atoms with Gasteiger partial charge in [0, 0.05) is 19.6 Å². The van der Waals surface area contributed by atoms with Crippen LogP contribution in [0.4, 0.5) is 4.79 Å². The van der Waals surface area contributed by atoms with Crippen molar-refractivity contribution in [1.29, 1.82) is 0 Å². The molecule has 0 aromatic rings. The molecule has 0 aliphatic carbocycles. The Kier molecular flexibility index (Phi) is 2.54. The second-order valence-electron chi connectivity index (χ2n) is 2.71. The van der Waals surface area contributed by atoms with Crippen LogP contribution in [-0.2, 0) is 4.79 Å². The minimum absolute atomic E-state index is 0. The van der Waals surface area contributed by atoms with Crippen molar-refractivity contribution in [2.75, 3.05) is 19.6 Å². The van der Waals surface area contributed by atoms with Gasteiger partial charge in [-0.3, -0.25) is 10.1 Å². The predicted octanol–water partition coefficient (Wildman–Crippen LogP) is -1.07. The van der Waals surface area contributed by atoms with E-state index < -0.39 is 0 Å². The molecule has 0 aromatic heterocycles. The van der Waals surface area contributed by atoms with Crippen molar-refractivity contribution in [3.05, 3.63) is 0 Å². The Hall–Kier alpha value is -0.810. The number of carbonyl (C=O) groups excluding carboxylic acids is 2. The fourth-order valence-corrected chi connectivity index (χ4v) is 1.44. The number of fused-ring (bicyclic) bond motifs is 1. The molecular formula is C6H10ClN3O2. The zero-order valence-electron chi connectivity index (χ0n) is 6.37. The number of urea groups is 1. The van der Waals surface area contributed by atoms with Crippen molar-refractivity contribution < 1.29 is 9.59 Å². The molecule has 2 heterocycles. The predicted molar refractivity (Wildman–Crippen MR) is 44.2 cm³/mol. The van der Waals surface area contributed by atoms with Gasteiger partial charge in [-0.15, -0.1) is 12.4 Å². The molecular weight excluding hydrogens is 182 g/mol. The second kappa shape index (κ2) is 3.28. The Balaban J connectivity index is 0.000000720. The standard InChI is InChI=1S/C6H9N3O2.ClH/c10-5-4-3-7-1-2-9(4)6(11)8-5;/h4,7H,1-3H2,(H,8,10,11);1H. The smallest absolute Gasteiger partial charge is 0.312 e. The molecule has 2 fully saturated rings. The minimum Gasteiger partial charge on any atom is -0.312 e. The van der Waals surface area contributed by atoms with Gasteiger partial charge in [0.05, 0.1) is 0 Å². The van der Waals surface area contributed by atoms with Crippen LogP contribution in [-0.4, -0.2) is 42.5 Å². The van der Waals surface area contributed by atoms with E-state index in [1.807, 2.05) is 0 Å². The third-order valence-electron chi connectivity index (χ3n) is 2.04. The fraction of sp³-hybridized carbons (Fsp3) is 0.667. The monoisotopic (exact) mass is 191 g/mol. The average molecular weight is 192 g/mol. The van der Waals surface area contributed by atoms with Gasteiger partial charge in [0.2, 0.25) is 0 Å². The highest BCUT2D eigenvalue weighted by Gasteiger charge is 2.39. The molecule has 1 atom stereocenters. The largest absolute Gasteiger partial charge is 0.324 e. The number of imide groups is 1. The van der Waals surface area contributed by atoms with E-state index >= 15 is 0 Å². The van der Waals surface area contributed by atoms with E-state index in [1.54, 1.807) is 4.90 Å². The lowest BCUT2D eigenvalue weighted by molar-refractivity contribution is -0.121. The molecule has 2 aliphatic rings. The van der Waals surface area contributed by atoms with Gasteiger partial charge >= 0.3 is 6.03 Å². The van der Waals surface area contributed by atoms with Crippen molar-refractivity contribution in [2.24, 2.45) is 0 Å². The van der Waals surface area contributed by atoms with Crippen LogP contribution in [0.1, 0.15) is 0 Å². The van der Waals surface area contributed by atoms with E-state index in [-0.39, 0.29) is 30.4 Å². The molecule has 12 heavy (non-hydrogen) atoms. The first-order chi connectivity index (χ1) is 5.29. The third-order valence-corrected chi connectivity index (χ3v) is 2.04. The molecule has 3 amide bonds. The molecule has 1 unspecified atom stereocenters. The van der Waals surface area contributed by atoms with E-state index in [9.17, 15) is 9.59 Å². The van der Waals surface area contributed by atoms with Gasteiger partial charge in [-0.05, 0) is 0 Å². The second-order valence-corrected chi connectivity index (χ2v) is 2.71. The maximum atomic E-state index is 11.0. The molecule has 0 spiro atoms. The van der Waals surface area contributed by atoms with Crippen molar-refractivity contribution in [3.63, 3.8) is 0 Å². The van der Waals surface area contributed by atoms with Gasteiger partial charge in [-0.2, -0.15) is 0 Å². The Labute approximate surface area is 75.9 Å². The lowest BCUT2D eigenvalue weighted by Crippen LogP contribution is -2.51. The number of halogens is 1. The Bertz CT molecular complexity index is 199. The quantitative estimate of drug-likeness (QED) is 0.480. The van der Waals surface area contributed by atoms with E-state index in [2.05, 4.69) is 10.6 Å². The number of carbonyl (C=O) groups is 2. The summed E-state index contributed by atoms with van der Waals surface area (Å²) in [5, 5.41) is 5.32. The number of rotatable bonds is 0. The Morgan fingerprint density at radius 1 is 1.42 bits per heavy atom. The van der Waals surface area contributed by atoms with Crippen LogP contribution in [0.25, 0.3) is 0 Å². The first-order valence-electron chi connectivity index (χ1n) is 3.61. The summed E-state index contributed by atoms with van der Waals surface area (Å²) in [4.78, 5) is 23.6. The lowest BCUT2D eigenvalue weighted by atomic mass is 10.2. The van der Waals surface area contributed by atoms with Crippen LogP contribution in [0, 0.1) is 0 Å². The minimum atomic E-state index is -0.267. The SMILES string of the molecule is Cl.O=C1NC(=O)N2CCNCC12. The highest BCUT2D eigenvalue weighted by Crippen LogP contribution is 2.09. The first-order valence-corrected chi connectivity index (χ1v) is 3.61. The van der Waals surface area contributed by atoms with Crippen LogP contribution in [0.3, 0.4) is 0 Å². The number of hydrogen-bond donors (Lipinski definition) is 2. The van der Waals surface area contributed by atoms with Crippen molar-refractivity contribution in [1.82, 2.24) is 15.5 Å². The molecule has 0 radical (unpaired) electrons. The summed E-state index contributed by atoms with van der Waals surface area (Å²) in [5.74, 6) is -0.179. The van der Waals surface area contributed by atoms with Gasteiger partial charge < -0.3 is 10.2 Å². The van der Waals surface area contributed by atoms with Crippen LogP contribution in [0.2, 0.25) is 0 Å². The van der Waals surface area contributed by atoms with Gasteiger partial charge in [-0.25, -0.2) is 4.79 Å². The third kappa shape index (κ3) is 1.25. The number of piperazine rings is 1. The molecule has 2 aliphatic heterocycles. The van der Waals surface area contributed by atoms with Crippen LogP contribution < -0.4 is 10.6 Å². The molecule has 68 valence electrons.